The zero-order valence-electron chi connectivity index (χ0n) is 11.1. The Morgan fingerprint density at radius 2 is 2.32 bits per heavy atom. The first-order chi connectivity index (χ1) is 8.74. The number of aromatic nitrogens is 1. The van der Waals surface area contributed by atoms with Gasteiger partial charge in [-0.05, 0) is 26.8 Å². The number of amides is 1. The van der Waals surface area contributed by atoms with Crippen molar-refractivity contribution >= 4 is 28.6 Å². The molecule has 1 atom stereocenters. The third kappa shape index (κ3) is 2.57. The predicted octanol–water partition coefficient (Wildman–Crippen LogP) is 2.24. The molecule has 6 nitrogen and oxygen atoms in total. The van der Waals surface area contributed by atoms with Gasteiger partial charge < -0.3 is 15.6 Å². The van der Waals surface area contributed by atoms with Gasteiger partial charge in [0, 0.05) is 5.38 Å². The second kappa shape index (κ2) is 4.50. The maximum Gasteiger partial charge on any atom is 0.410 e. The molecule has 1 amide bonds. The van der Waals surface area contributed by atoms with E-state index in [-0.39, 0.29) is 0 Å². The molecule has 0 bridgehead atoms. The molecule has 7 heteroatoms. The molecule has 1 unspecified atom stereocenters. The van der Waals surface area contributed by atoms with Crippen molar-refractivity contribution in [2.24, 2.45) is 0 Å². The number of nitrogens with zero attached hydrogens (tertiary/aromatic N) is 2. The maximum absolute atomic E-state index is 11.4. The van der Waals surface area contributed by atoms with Crippen LogP contribution in [-0.4, -0.2) is 39.0 Å². The molecule has 0 radical (unpaired) electrons. The molecular weight excluding hydrogens is 266 g/mol. The van der Waals surface area contributed by atoms with E-state index in [9.17, 15) is 9.90 Å². The van der Waals surface area contributed by atoms with E-state index in [0.717, 1.165) is 5.69 Å². The van der Waals surface area contributed by atoms with Crippen LogP contribution < -0.4 is 5.73 Å². The van der Waals surface area contributed by atoms with Crippen molar-refractivity contribution in [3.8, 4) is 0 Å². The Morgan fingerprint density at radius 3 is 2.84 bits per heavy atom. The highest BCUT2D eigenvalue weighted by molar-refractivity contribution is 7.13. The maximum atomic E-state index is 11.4. The summed E-state index contributed by atoms with van der Waals surface area (Å²) >= 11 is 1.35. The fraction of sp³-hybridized carbons (Fsp3) is 0.500. The molecule has 0 saturated carbocycles. The molecule has 1 aromatic heterocycles. The Labute approximate surface area is 115 Å². The van der Waals surface area contributed by atoms with E-state index in [0.29, 0.717) is 11.7 Å². The lowest BCUT2D eigenvalue weighted by Crippen LogP contribution is -2.52. The quantitative estimate of drug-likeness (QED) is 0.869. The first-order valence-corrected chi connectivity index (χ1v) is 6.70. The van der Waals surface area contributed by atoms with Gasteiger partial charge in [0.1, 0.15) is 5.72 Å². The lowest BCUT2D eigenvalue weighted by molar-refractivity contribution is -0.0439. The van der Waals surface area contributed by atoms with Crippen LogP contribution in [-0.2, 0) is 4.74 Å². The lowest BCUT2D eigenvalue weighted by atomic mass is 10.00. The lowest BCUT2D eigenvalue weighted by Gasteiger charge is -2.35. The first kappa shape index (κ1) is 13.8. The normalized spacial score (nSPS) is 26.2. The highest BCUT2D eigenvalue weighted by atomic mass is 32.1. The number of thiazole rings is 1. The molecule has 2 rings (SSSR count). The van der Waals surface area contributed by atoms with Crippen molar-refractivity contribution in [2.75, 3.05) is 12.3 Å². The van der Waals surface area contributed by atoms with E-state index < -0.39 is 17.4 Å². The Kier molecular flexibility index (Phi) is 3.27. The first-order valence-electron chi connectivity index (χ1n) is 5.82. The van der Waals surface area contributed by atoms with Crippen LogP contribution in [0.2, 0.25) is 0 Å². The summed E-state index contributed by atoms with van der Waals surface area (Å²) in [7, 11) is 0. The van der Waals surface area contributed by atoms with Crippen LogP contribution in [0.25, 0.3) is 6.08 Å². The van der Waals surface area contributed by atoms with E-state index >= 15 is 0 Å². The van der Waals surface area contributed by atoms with Gasteiger partial charge in [-0.25, -0.2) is 9.78 Å². The molecule has 1 aliphatic heterocycles. The van der Waals surface area contributed by atoms with Crippen LogP contribution in [0.3, 0.4) is 0 Å². The Morgan fingerprint density at radius 1 is 1.63 bits per heavy atom. The van der Waals surface area contributed by atoms with Gasteiger partial charge in [-0.1, -0.05) is 6.08 Å². The number of carboxylic acid groups (broad SMARTS) is 1. The minimum atomic E-state index is -1.01. The van der Waals surface area contributed by atoms with Gasteiger partial charge in [0.25, 0.3) is 0 Å². The fourth-order valence-electron chi connectivity index (χ4n) is 2.28. The van der Waals surface area contributed by atoms with Gasteiger partial charge in [0.05, 0.1) is 17.8 Å². The molecule has 1 aromatic rings. The van der Waals surface area contributed by atoms with Gasteiger partial charge in [0.2, 0.25) is 0 Å². The van der Waals surface area contributed by atoms with Gasteiger partial charge in [-0.15, -0.1) is 11.3 Å². The Bertz CT molecular complexity index is 526. The summed E-state index contributed by atoms with van der Waals surface area (Å²) in [5.74, 6) is 0. The van der Waals surface area contributed by atoms with Crippen molar-refractivity contribution in [2.45, 2.75) is 32.0 Å². The number of anilines is 1. The van der Waals surface area contributed by atoms with Crippen molar-refractivity contribution in [1.29, 1.82) is 0 Å². The molecule has 0 aromatic carbocycles. The molecule has 1 aliphatic rings. The van der Waals surface area contributed by atoms with Crippen LogP contribution in [0.1, 0.15) is 26.5 Å². The van der Waals surface area contributed by atoms with Gasteiger partial charge in [-0.3, -0.25) is 4.90 Å². The Hall–Kier alpha value is -1.60. The molecule has 0 spiro atoms. The monoisotopic (exact) mass is 283 g/mol. The minimum Gasteiger partial charge on any atom is -0.465 e. The van der Waals surface area contributed by atoms with E-state index in [4.69, 9.17) is 10.5 Å². The fourth-order valence-corrected chi connectivity index (χ4v) is 2.81. The summed E-state index contributed by atoms with van der Waals surface area (Å²) in [4.78, 5) is 16.9. The van der Waals surface area contributed by atoms with Crippen molar-refractivity contribution in [1.82, 2.24) is 9.88 Å². The predicted molar refractivity (Wildman–Crippen MR) is 73.9 cm³/mol. The number of rotatable bonds is 2. The van der Waals surface area contributed by atoms with Crippen molar-refractivity contribution in [3.63, 3.8) is 0 Å². The second-order valence-corrected chi connectivity index (χ2v) is 6.04. The Balaban J connectivity index is 2.27. The minimum absolute atomic E-state index is 0.308. The third-order valence-corrected chi connectivity index (χ3v) is 3.80. The van der Waals surface area contributed by atoms with E-state index in [1.807, 2.05) is 12.3 Å². The number of hydrogen-bond donors (Lipinski definition) is 2. The van der Waals surface area contributed by atoms with Crippen molar-refractivity contribution < 1.29 is 14.6 Å². The summed E-state index contributed by atoms with van der Waals surface area (Å²) in [6, 6.07) is 0. The average molecular weight is 283 g/mol. The molecule has 1 fully saturated rings. The summed E-state index contributed by atoms with van der Waals surface area (Å²) in [6.07, 6.45) is 2.56. The molecule has 0 aliphatic carbocycles. The summed E-state index contributed by atoms with van der Waals surface area (Å²) in [5, 5.41) is 11.7. The number of nitrogen functional groups attached to an aromatic ring is 1. The topological polar surface area (TPSA) is 88.7 Å². The summed E-state index contributed by atoms with van der Waals surface area (Å²) < 4.78 is 5.57. The number of carbonyl (C=O) groups is 1. The van der Waals surface area contributed by atoms with Crippen LogP contribution in [0, 0.1) is 0 Å². The highest BCUT2D eigenvalue weighted by Gasteiger charge is 2.50. The van der Waals surface area contributed by atoms with Crippen LogP contribution >= 0.6 is 11.3 Å². The molecule has 19 heavy (non-hydrogen) atoms. The van der Waals surface area contributed by atoms with Gasteiger partial charge >= 0.3 is 6.09 Å². The van der Waals surface area contributed by atoms with Crippen LogP contribution in [0.5, 0.6) is 0 Å². The largest absolute Gasteiger partial charge is 0.465 e. The van der Waals surface area contributed by atoms with Crippen molar-refractivity contribution in [3.05, 3.63) is 17.2 Å². The van der Waals surface area contributed by atoms with E-state index in [2.05, 4.69) is 4.98 Å². The smallest absolute Gasteiger partial charge is 0.410 e. The second-order valence-electron chi connectivity index (χ2n) is 5.15. The standard InChI is InChI=1S/C12H17N3O3S/c1-11(2)15(10(16)17)12(3,7-18-11)5-4-8-6-19-9(13)14-8/h4-6H,7H2,1-3H3,(H2,13,14)(H,16,17)/b5-4+. The molecule has 2 heterocycles. The van der Waals surface area contributed by atoms with Gasteiger partial charge in [0.15, 0.2) is 5.13 Å². The van der Waals surface area contributed by atoms with Crippen LogP contribution in [0.4, 0.5) is 9.93 Å². The average Bonchev–Trinajstić information content (AvgIpc) is 2.79. The molecule has 1 saturated heterocycles. The summed E-state index contributed by atoms with van der Waals surface area (Å²) in [6.45, 7) is 5.60. The molecular formula is C12H17N3O3S. The third-order valence-electron chi connectivity index (χ3n) is 3.11. The number of nitrogens with two attached hydrogens (primary N) is 1. The van der Waals surface area contributed by atoms with E-state index in [1.165, 1.54) is 16.2 Å². The zero-order valence-corrected chi connectivity index (χ0v) is 11.9. The zero-order chi connectivity index (χ0) is 14.3. The SMILES string of the molecule is CC1(/C=C/c2csc(N)n2)COC(C)(C)N1C(=O)O. The van der Waals surface area contributed by atoms with Gasteiger partial charge in [-0.2, -0.15) is 0 Å². The number of ether oxygens (including phenoxy) is 1. The number of hydrogen-bond acceptors (Lipinski definition) is 5. The van der Waals surface area contributed by atoms with Crippen LogP contribution in [0.15, 0.2) is 11.5 Å². The highest BCUT2D eigenvalue weighted by Crippen LogP contribution is 2.36. The molecule has 104 valence electrons. The summed E-state index contributed by atoms with van der Waals surface area (Å²) in [5.41, 5.74) is 4.72. The van der Waals surface area contributed by atoms with E-state index in [1.54, 1.807) is 26.0 Å². The molecule has 3 N–H and O–H groups in total.